The molecule has 0 radical (unpaired) electrons. The minimum atomic E-state index is -4.02. The number of amides is 6. The van der Waals surface area contributed by atoms with E-state index in [4.69, 9.17) is 9.47 Å². The number of hydrogen-bond acceptors (Lipinski definition) is 14. The largest absolute Gasteiger partial charge is 0.506 e. The van der Waals surface area contributed by atoms with E-state index in [1.807, 2.05) is 0 Å². The van der Waals surface area contributed by atoms with Crippen molar-refractivity contribution in [3.63, 3.8) is 0 Å². The molecule has 3 atom stereocenters. The zero-order valence-corrected chi connectivity index (χ0v) is 33.7. The van der Waals surface area contributed by atoms with Gasteiger partial charge in [-0.3, -0.25) is 43.5 Å². The number of aliphatic imine (C=N–C) groups is 1. The van der Waals surface area contributed by atoms with E-state index in [-0.39, 0.29) is 82.3 Å². The van der Waals surface area contributed by atoms with E-state index in [2.05, 4.69) is 45.6 Å². The highest BCUT2D eigenvalue weighted by Crippen LogP contribution is 2.26. The van der Waals surface area contributed by atoms with E-state index < -0.39 is 87.5 Å². The van der Waals surface area contributed by atoms with E-state index in [9.17, 15) is 52.2 Å². The van der Waals surface area contributed by atoms with Crippen LogP contribution in [-0.2, 0) is 59.5 Å². The number of anilines is 1. The van der Waals surface area contributed by atoms with Gasteiger partial charge in [0.25, 0.3) is 5.91 Å². The van der Waals surface area contributed by atoms with Gasteiger partial charge < -0.3 is 41.0 Å². The minimum Gasteiger partial charge on any atom is -0.506 e. The monoisotopic (exact) mass is 841 g/mol. The Morgan fingerprint density at radius 3 is 2.39 bits per heavy atom. The molecule has 1 aromatic carbocycles. The molecule has 316 valence electrons. The van der Waals surface area contributed by atoms with Crippen LogP contribution in [0, 0.1) is 5.92 Å². The molecule has 57 heavy (non-hydrogen) atoms. The van der Waals surface area contributed by atoms with E-state index in [0.29, 0.717) is 5.56 Å². The molecule has 1 aliphatic heterocycles. The van der Waals surface area contributed by atoms with E-state index in [0.717, 1.165) is 9.21 Å². The van der Waals surface area contributed by atoms with Crippen molar-refractivity contribution in [2.24, 2.45) is 10.9 Å². The highest BCUT2D eigenvalue weighted by molar-refractivity contribution is 7.89. The summed E-state index contributed by atoms with van der Waals surface area (Å²) in [6.45, 7) is 4.66. The zero-order valence-electron chi connectivity index (χ0n) is 32.0. The number of methoxy groups -OCH3 is 1. The third-order valence-electron chi connectivity index (χ3n) is 8.47. The molecule has 1 heterocycles. The molecule has 1 aromatic rings. The number of hydrogen-bond donors (Lipinski definition) is 7. The molecule has 0 saturated carbocycles. The fourth-order valence-electron chi connectivity index (χ4n) is 5.34. The number of benzene rings is 1. The Kier molecular flexibility index (Phi) is 20.3. The van der Waals surface area contributed by atoms with Gasteiger partial charge in [-0.15, -0.1) is 0 Å². The molecule has 1 fully saturated rings. The highest BCUT2D eigenvalue weighted by Gasteiger charge is 2.37. The first kappa shape index (κ1) is 48.2. The van der Waals surface area contributed by atoms with Gasteiger partial charge in [0, 0.05) is 45.6 Å². The molecule has 0 bridgehead atoms. The van der Waals surface area contributed by atoms with Gasteiger partial charge in [0.15, 0.2) is 0 Å². The number of likely N-dealkylation sites (tertiary alicyclic amines) is 1. The quantitative estimate of drug-likeness (QED) is 0.0148. The van der Waals surface area contributed by atoms with E-state index in [1.165, 1.54) is 38.3 Å². The third kappa shape index (κ3) is 16.6. The lowest BCUT2D eigenvalue weighted by atomic mass is 9.95. The fraction of sp³-hybridized carbons (Fsp3) is 0.543. The van der Waals surface area contributed by atoms with Crippen molar-refractivity contribution < 1.29 is 61.7 Å². The lowest BCUT2D eigenvalue weighted by Crippen LogP contribution is -2.44. The number of allylic oxidation sites excluding steroid dienone is 1. The summed E-state index contributed by atoms with van der Waals surface area (Å²) in [5.74, 6) is -6.44. The second-order valence-corrected chi connectivity index (χ2v) is 15.5. The van der Waals surface area contributed by atoms with Crippen LogP contribution in [-0.4, -0.2) is 153 Å². The Labute approximate surface area is 336 Å². The molecular weight excluding hydrogens is 791 g/mol. The summed E-state index contributed by atoms with van der Waals surface area (Å²) in [5, 5.41) is 28.8. The van der Waals surface area contributed by atoms with Crippen molar-refractivity contribution in [2.45, 2.75) is 50.8 Å². The second-order valence-electron chi connectivity index (χ2n) is 12.8. The first-order valence-electron chi connectivity index (χ1n) is 17.8. The Morgan fingerprint density at radius 1 is 1.09 bits per heavy atom. The van der Waals surface area contributed by atoms with Gasteiger partial charge in [-0.25, -0.2) is 8.42 Å². The average Bonchev–Trinajstić information content (AvgIpc) is 3.40. The normalized spacial score (nSPS) is 15.6. The van der Waals surface area contributed by atoms with Crippen molar-refractivity contribution >= 4 is 76.5 Å². The maximum atomic E-state index is 13.1. The fourth-order valence-corrected chi connectivity index (χ4v) is 6.95. The van der Waals surface area contributed by atoms with Crippen LogP contribution < -0.4 is 21.3 Å². The SMILES string of the molecule is C=N/C(=C\C)C(=O)N[C@@H](Cc1ccc(O)c(NC(=O)CNC(=O)CNC(=O)CCN(CCN2C(=O)CC(S)C2=O)S(=O)(=O)CCOCCOC)c1)C[C@H](C)C(=O)O. The van der Waals surface area contributed by atoms with Crippen LogP contribution in [0.5, 0.6) is 5.75 Å². The number of nitrogens with zero attached hydrogens (tertiary/aromatic N) is 3. The topological polar surface area (TPSA) is 280 Å². The number of phenolic OH excluding ortho intramolecular Hbond substituents is 1. The van der Waals surface area contributed by atoms with E-state index >= 15 is 0 Å². The van der Waals surface area contributed by atoms with Crippen LogP contribution >= 0.6 is 12.6 Å². The standard InChI is InChI=1S/C35H51N7O13S2/c1-5-25(36-3)33(48)39-24(16-22(2)35(50)51)17-23-6-7-27(43)26(18-23)40-31(46)21-38-30(45)20-37-29(44)8-9-41(57(52,53)15-14-55-13-12-54-4)10-11-42-32(47)19-28(56)34(42)49/h5-7,18,22,24,28,43,56H,3,8-17,19-21H2,1-2,4H3,(H,37,44)(H,38,45)(H,39,48)(H,40,46)(H,50,51)/b25-5-/t22-,24+,28?/m0/s1. The zero-order chi connectivity index (χ0) is 42.7. The van der Waals surface area contributed by atoms with Gasteiger partial charge >= 0.3 is 5.97 Å². The number of aliphatic carboxylic acids is 1. The van der Waals surface area contributed by atoms with Crippen molar-refractivity contribution in [3.05, 3.63) is 35.5 Å². The molecule has 0 aliphatic carbocycles. The van der Waals surface area contributed by atoms with E-state index in [1.54, 1.807) is 6.92 Å². The lowest BCUT2D eigenvalue weighted by molar-refractivity contribution is -0.142. The van der Waals surface area contributed by atoms with Crippen LogP contribution in [0.2, 0.25) is 0 Å². The van der Waals surface area contributed by atoms with Gasteiger partial charge in [0.1, 0.15) is 11.4 Å². The van der Waals surface area contributed by atoms with Crippen molar-refractivity contribution in [3.8, 4) is 5.75 Å². The predicted molar refractivity (Wildman–Crippen MR) is 210 cm³/mol. The summed E-state index contributed by atoms with van der Waals surface area (Å²) >= 11 is 4.07. The van der Waals surface area contributed by atoms with Gasteiger partial charge in [-0.1, -0.05) is 19.1 Å². The number of carbonyl (C=O) groups excluding carboxylic acids is 6. The molecule has 22 heteroatoms. The molecule has 1 aliphatic rings. The molecule has 1 saturated heterocycles. The summed E-state index contributed by atoms with van der Waals surface area (Å²) in [5.41, 5.74) is 0.549. The highest BCUT2D eigenvalue weighted by atomic mass is 32.2. The molecule has 6 N–H and O–H groups in total. The summed E-state index contributed by atoms with van der Waals surface area (Å²) in [6.07, 6.45) is 1.13. The Morgan fingerprint density at radius 2 is 1.77 bits per heavy atom. The molecule has 20 nitrogen and oxygen atoms in total. The smallest absolute Gasteiger partial charge is 0.306 e. The number of sulfonamides is 1. The number of phenols is 1. The number of carboxylic acid groups (broad SMARTS) is 1. The molecule has 0 spiro atoms. The van der Waals surface area contributed by atoms with Gasteiger partial charge in [-0.2, -0.15) is 16.9 Å². The minimum absolute atomic E-state index is 0.0248. The summed E-state index contributed by atoms with van der Waals surface area (Å²) in [7, 11) is -2.56. The number of ether oxygens (including phenoxy) is 2. The first-order chi connectivity index (χ1) is 26.9. The Hall–Kier alpha value is -4.90. The van der Waals surface area contributed by atoms with Gasteiger partial charge in [0.05, 0.1) is 55.5 Å². The van der Waals surface area contributed by atoms with Gasteiger partial charge in [-0.05, 0) is 44.2 Å². The summed E-state index contributed by atoms with van der Waals surface area (Å²) < 4.78 is 37.3. The maximum Gasteiger partial charge on any atom is 0.306 e. The molecule has 6 amide bonds. The summed E-state index contributed by atoms with van der Waals surface area (Å²) in [6, 6.07) is 3.59. The maximum absolute atomic E-state index is 13.1. The Balaban J connectivity index is 1.95. The van der Waals surface area contributed by atoms with Crippen LogP contribution in [0.25, 0.3) is 0 Å². The van der Waals surface area contributed by atoms with Crippen LogP contribution in [0.1, 0.15) is 38.7 Å². The number of thiol groups is 1. The van der Waals surface area contributed by atoms with Crippen LogP contribution in [0.4, 0.5) is 5.69 Å². The molecule has 1 unspecified atom stereocenters. The van der Waals surface area contributed by atoms with Crippen molar-refractivity contribution in [2.75, 3.05) is 70.7 Å². The van der Waals surface area contributed by atoms with Crippen molar-refractivity contribution in [1.82, 2.24) is 25.2 Å². The van der Waals surface area contributed by atoms with Crippen LogP contribution in [0.3, 0.4) is 0 Å². The lowest BCUT2D eigenvalue weighted by Gasteiger charge is -2.24. The molecular formula is C35H51N7O13S2. The summed E-state index contributed by atoms with van der Waals surface area (Å²) in [4.78, 5) is 90.9. The first-order valence-corrected chi connectivity index (χ1v) is 19.9. The predicted octanol–water partition coefficient (Wildman–Crippen LogP) is -0.952. The number of carboxylic acids is 1. The number of imide groups is 1. The third-order valence-corrected chi connectivity index (χ3v) is 10.7. The number of rotatable bonds is 26. The second kappa shape index (κ2) is 24.0. The number of nitrogens with one attached hydrogen (secondary N) is 4. The average molecular weight is 842 g/mol. The van der Waals surface area contributed by atoms with Crippen LogP contribution in [0.15, 0.2) is 35.0 Å². The molecule has 0 aromatic heterocycles. The van der Waals surface area contributed by atoms with Crippen molar-refractivity contribution in [1.29, 1.82) is 0 Å². The van der Waals surface area contributed by atoms with Gasteiger partial charge in [0.2, 0.25) is 39.6 Å². The molecule has 2 rings (SSSR count). The number of aromatic hydroxyl groups is 1. The Bertz CT molecular complexity index is 1770. The number of carbonyl (C=O) groups is 7.